The van der Waals surface area contributed by atoms with Crippen LogP contribution in [0.4, 0.5) is 13.2 Å². The summed E-state index contributed by atoms with van der Waals surface area (Å²) >= 11 is 0. The van der Waals surface area contributed by atoms with E-state index in [2.05, 4.69) is 42.5 Å². The number of hydrogen-bond donors (Lipinski definition) is 1. The lowest BCUT2D eigenvalue weighted by molar-refractivity contribution is -0.0517. The van der Waals surface area contributed by atoms with Crippen molar-refractivity contribution < 1.29 is 31.2 Å². The third kappa shape index (κ3) is 4.62. The topological polar surface area (TPSA) is 77.4 Å². The van der Waals surface area contributed by atoms with Gasteiger partial charge in [-0.3, -0.25) is 0 Å². The first kappa shape index (κ1) is 19.0. The van der Waals surface area contributed by atoms with Crippen LogP contribution in [0.15, 0.2) is 47.4 Å². The standard InChI is InChI=1S/C14H15OS.CHF3O3S/c15-12-8-9-16(10-12)14-7-3-5-11-4-1-2-6-13(11)14;2-1(3,4)8(5,6)7/h1-7,12,15H,8-10H2;(H,5,6,7)/q+1;/p-1. The first-order chi connectivity index (χ1) is 11.1. The largest absolute Gasteiger partial charge is 0.741 e. The van der Waals surface area contributed by atoms with Crippen molar-refractivity contribution in [2.24, 2.45) is 0 Å². The zero-order valence-electron chi connectivity index (χ0n) is 12.4. The molecule has 2 unspecified atom stereocenters. The van der Waals surface area contributed by atoms with Crippen LogP contribution in [0.2, 0.25) is 0 Å². The predicted octanol–water partition coefficient (Wildman–Crippen LogP) is 2.63. The summed E-state index contributed by atoms with van der Waals surface area (Å²) < 4.78 is 58.9. The van der Waals surface area contributed by atoms with E-state index >= 15 is 0 Å². The Morgan fingerprint density at radius 3 is 2.25 bits per heavy atom. The molecule has 1 fully saturated rings. The molecule has 3 rings (SSSR count). The molecule has 132 valence electrons. The molecule has 0 aliphatic carbocycles. The van der Waals surface area contributed by atoms with Crippen LogP contribution in [0.1, 0.15) is 6.42 Å². The number of halogens is 3. The van der Waals surface area contributed by atoms with Gasteiger partial charge in [-0.05, 0) is 17.5 Å². The molecule has 0 spiro atoms. The van der Waals surface area contributed by atoms with Gasteiger partial charge in [0, 0.05) is 22.7 Å². The van der Waals surface area contributed by atoms with Crippen LogP contribution in [0.25, 0.3) is 10.8 Å². The summed E-state index contributed by atoms with van der Waals surface area (Å²) in [4.78, 5) is 1.44. The van der Waals surface area contributed by atoms with Crippen LogP contribution in [-0.2, 0) is 21.0 Å². The van der Waals surface area contributed by atoms with Crippen molar-refractivity contribution in [2.75, 3.05) is 11.5 Å². The maximum Gasteiger partial charge on any atom is 0.485 e. The number of aliphatic hydroxyl groups is 1. The highest BCUT2D eigenvalue weighted by molar-refractivity contribution is 7.97. The smallest absolute Gasteiger partial charge is 0.485 e. The second-order valence-electron chi connectivity index (χ2n) is 5.18. The van der Waals surface area contributed by atoms with Crippen molar-refractivity contribution in [1.82, 2.24) is 0 Å². The Morgan fingerprint density at radius 2 is 1.71 bits per heavy atom. The summed E-state index contributed by atoms with van der Waals surface area (Å²) in [5.41, 5.74) is -5.65. The van der Waals surface area contributed by atoms with Gasteiger partial charge in [0.15, 0.2) is 15.0 Å². The molecule has 2 atom stereocenters. The minimum atomic E-state index is -6.09. The van der Waals surface area contributed by atoms with Crippen molar-refractivity contribution in [3.05, 3.63) is 42.5 Å². The molecule has 1 heterocycles. The van der Waals surface area contributed by atoms with Crippen molar-refractivity contribution in [1.29, 1.82) is 0 Å². The quantitative estimate of drug-likeness (QED) is 0.469. The Hall–Kier alpha value is -1.29. The predicted molar refractivity (Wildman–Crippen MR) is 85.7 cm³/mol. The highest BCUT2D eigenvalue weighted by Gasteiger charge is 2.37. The molecular formula is C15H15F3O4S2. The van der Waals surface area contributed by atoms with E-state index in [9.17, 15) is 18.3 Å². The molecule has 1 saturated heterocycles. The van der Waals surface area contributed by atoms with Gasteiger partial charge in [0.05, 0.1) is 0 Å². The number of hydrogen-bond acceptors (Lipinski definition) is 4. The first-order valence-corrected chi connectivity index (χ1v) is 9.92. The highest BCUT2D eigenvalue weighted by Crippen LogP contribution is 2.29. The SMILES string of the molecule is O=S(=O)([O-])C(F)(F)F.OC1CC[S+](c2cccc3ccccc23)C1. The van der Waals surface area contributed by atoms with E-state index < -0.39 is 15.6 Å². The maximum absolute atomic E-state index is 10.7. The minimum absolute atomic E-state index is 0.0812. The summed E-state index contributed by atoms with van der Waals surface area (Å²) in [6.07, 6.45) is 0.883. The average Bonchev–Trinajstić information content (AvgIpc) is 2.92. The summed E-state index contributed by atoms with van der Waals surface area (Å²) in [6, 6.07) is 15.1. The Balaban J connectivity index is 0.000000224. The second kappa shape index (κ2) is 7.30. The van der Waals surface area contributed by atoms with Crippen molar-refractivity contribution >= 4 is 31.8 Å². The van der Waals surface area contributed by atoms with Crippen LogP contribution >= 0.6 is 0 Å². The van der Waals surface area contributed by atoms with E-state index in [1.807, 2.05) is 0 Å². The Morgan fingerprint density at radius 1 is 1.12 bits per heavy atom. The molecule has 1 N–H and O–H groups in total. The summed E-state index contributed by atoms with van der Waals surface area (Å²) in [7, 11) is -5.84. The van der Waals surface area contributed by atoms with Gasteiger partial charge in [-0.15, -0.1) is 0 Å². The van der Waals surface area contributed by atoms with Crippen LogP contribution in [0, 0.1) is 0 Å². The third-order valence-electron chi connectivity index (χ3n) is 3.44. The van der Waals surface area contributed by atoms with Gasteiger partial charge in [-0.25, -0.2) is 8.42 Å². The van der Waals surface area contributed by atoms with Gasteiger partial charge < -0.3 is 9.66 Å². The minimum Gasteiger partial charge on any atom is -0.741 e. The Labute approximate surface area is 140 Å². The van der Waals surface area contributed by atoms with E-state index in [1.165, 1.54) is 15.7 Å². The lowest BCUT2D eigenvalue weighted by Crippen LogP contribution is -2.21. The fourth-order valence-electron chi connectivity index (χ4n) is 2.32. The molecule has 0 saturated carbocycles. The van der Waals surface area contributed by atoms with Gasteiger partial charge >= 0.3 is 5.51 Å². The number of benzene rings is 2. The third-order valence-corrected chi connectivity index (χ3v) is 6.50. The molecule has 0 aromatic heterocycles. The van der Waals surface area contributed by atoms with Gasteiger partial charge in [-0.2, -0.15) is 13.2 Å². The Kier molecular flexibility index (Phi) is 5.79. The second-order valence-corrected chi connectivity index (χ2v) is 8.72. The van der Waals surface area contributed by atoms with Crippen LogP contribution < -0.4 is 0 Å². The molecule has 0 radical (unpaired) electrons. The zero-order valence-corrected chi connectivity index (χ0v) is 14.0. The molecule has 1 aliphatic heterocycles. The number of alkyl halides is 3. The van der Waals surface area contributed by atoms with E-state index in [-0.39, 0.29) is 17.0 Å². The van der Waals surface area contributed by atoms with Gasteiger partial charge in [0.1, 0.15) is 17.6 Å². The molecule has 2 aromatic rings. The van der Waals surface area contributed by atoms with E-state index in [1.54, 1.807) is 0 Å². The molecule has 1 aliphatic rings. The van der Waals surface area contributed by atoms with Gasteiger partial charge in [0.2, 0.25) is 0 Å². The van der Waals surface area contributed by atoms with Crippen molar-refractivity contribution in [2.45, 2.75) is 22.9 Å². The van der Waals surface area contributed by atoms with E-state index in [0.29, 0.717) is 0 Å². The number of fused-ring (bicyclic) bond motifs is 1. The molecule has 4 nitrogen and oxygen atoms in total. The monoisotopic (exact) mass is 380 g/mol. The summed E-state index contributed by atoms with van der Waals surface area (Å²) in [5, 5.41) is 12.3. The molecule has 2 aromatic carbocycles. The molecular weight excluding hydrogens is 365 g/mol. The van der Waals surface area contributed by atoms with E-state index in [4.69, 9.17) is 13.0 Å². The lowest BCUT2D eigenvalue weighted by atomic mass is 10.1. The lowest BCUT2D eigenvalue weighted by Gasteiger charge is -2.08. The molecule has 0 amide bonds. The molecule has 9 heteroatoms. The summed E-state index contributed by atoms with van der Waals surface area (Å²) in [6.45, 7) is 0. The fraction of sp³-hybridized carbons (Fsp3) is 0.333. The van der Waals surface area contributed by atoms with Crippen LogP contribution in [0.3, 0.4) is 0 Å². The number of aliphatic hydroxyl groups excluding tert-OH is 1. The van der Waals surface area contributed by atoms with Gasteiger partial charge in [0.25, 0.3) is 0 Å². The van der Waals surface area contributed by atoms with Crippen molar-refractivity contribution in [3.8, 4) is 0 Å². The normalized spacial score (nSPS) is 21.4. The molecule has 0 bridgehead atoms. The molecule has 24 heavy (non-hydrogen) atoms. The maximum atomic E-state index is 10.7. The van der Waals surface area contributed by atoms with E-state index in [0.717, 1.165) is 17.9 Å². The van der Waals surface area contributed by atoms with Crippen molar-refractivity contribution in [3.63, 3.8) is 0 Å². The van der Waals surface area contributed by atoms with Crippen LogP contribution in [-0.4, -0.2) is 41.2 Å². The first-order valence-electron chi connectivity index (χ1n) is 6.95. The highest BCUT2D eigenvalue weighted by atomic mass is 32.2. The van der Waals surface area contributed by atoms with Gasteiger partial charge in [-0.1, -0.05) is 30.3 Å². The fourth-order valence-corrected chi connectivity index (χ4v) is 4.85. The summed E-state index contributed by atoms with van der Waals surface area (Å²) in [5.74, 6) is 2.10. The Bertz CT molecular complexity index is 800. The zero-order chi connectivity index (χ0) is 18.0. The van der Waals surface area contributed by atoms with Crippen LogP contribution in [0.5, 0.6) is 0 Å². The average molecular weight is 380 g/mol. The number of rotatable bonds is 1.